The van der Waals surface area contributed by atoms with Crippen LogP contribution in [0.5, 0.6) is 5.75 Å². The summed E-state index contributed by atoms with van der Waals surface area (Å²) in [5, 5.41) is 0. The molecule has 152 valence electrons. The number of nitrogens with zero attached hydrogens (tertiary/aromatic N) is 4. The van der Waals surface area contributed by atoms with E-state index in [2.05, 4.69) is 9.88 Å². The molecule has 0 aliphatic carbocycles. The minimum Gasteiger partial charge on any atom is -0.485 e. The largest absolute Gasteiger partial charge is 0.485 e. The van der Waals surface area contributed by atoms with Crippen LogP contribution in [0.25, 0.3) is 16.9 Å². The van der Waals surface area contributed by atoms with E-state index in [4.69, 9.17) is 4.74 Å². The molecule has 30 heavy (non-hydrogen) atoms. The Balaban J connectivity index is 1.34. The number of halogens is 1. The number of benzene rings is 2. The Morgan fingerprint density at radius 2 is 1.80 bits per heavy atom. The molecule has 0 N–H and O–H groups in total. The van der Waals surface area contributed by atoms with E-state index in [1.54, 1.807) is 35.2 Å². The Hall–Kier alpha value is -3.45. The van der Waals surface area contributed by atoms with Crippen LogP contribution in [0.1, 0.15) is 13.1 Å². The molecule has 5 rings (SSSR count). The van der Waals surface area contributed by atoms with Crippen molar-refractivity contribution >= 4 is 5.52 Å². The predicted octanol–water partition coefficient (Wildman–Crippen LogP) is 3.58. The lowest BCUT2D eigenvalue weighted by Gasteiger charge is -2.43. The Labute approximate surface area is 172 Å². The number of hydrogen-bond donors (Lipinski definition) is 0. The fraction of sp³-hybridized carbons (Fsp3) is 0.217. The number of ether oxygens (including phenoxy) is 1. The molecule has 3 heterocycles. The molecule has 0 spiro atoms. The van der Waals surface area contributed by atoms with Crippen LogP contribution in [0.4, 0.5) is 4.39 Å². The maximum Gasteiger partial charge on any atom is 0.277 e. The van der Waals surface area contributed by atoms with Crippen LogP contribution in [-0.4, -0.2) is 38.0 Å². The van der Waals surface area contributed by atoms with Crippen LogP contribution in [0.3, 0.4) is 0 Å². The maximum atomic E-state index is 13.8. The van der Waals surface area contributed by atoms with E-state index < -0.39 is 0 Å². The molecular weight excluding hydrogens is 383 g/mol. The van der Waals surface area contributed by atoms with Crippen molar-refractivity contribution in [2.45, 2.75) is 19.2 Å². The van der Waals surface area contributed by atoms with Gasteiger partial charge in [-0.25, -0.2) is 9.37 Å². The van der Waals surface area contributed by atoms with Gasteiger partial charge in [0.15, 0.2) is 11.6 Å². The summed E-state index contributed by atoms with van der Waals surface area (Å²) in [6.45, 7) is 3.23. The van der Waals surface area contributed by atoms with Gasteiger partial charge in [0.05, 0.1) is 12.4 Å². The number of para-hydroxylation sites is 1. The minimum absolute atomic E-state index is 0.0940. The van der Waals surface area contributed by atoms with Crippen molar-refractivity contribution in [3.8, 4) is 17.1 Å². The van der Waals surface area contributed by atoms with Crippen molar-refractivity contribution in [1.82, 2.24) is 18.9 Å². The van der Waals surface area contributed by atoms with Crippen LogP contribution >= 0.6 is 0 Å². The first-order valence-electron chi connectivity index (χ1n) is 9.90. The van der Waals surface area contributed by atoms with Gasteiger partial charge in [0.2, 0.25) is 0 Å². The summed E-state index contributed by atoms with van der Waals surface area (Å²) in [6.07, 6.45) is 5.05. The average molecular weight is 404 g/mol. The third-order valence-electron chi connectivity index (χ3n) is 5.60. The van der Waals surface area contributed by atoms with Crippen molar-refractivity contribution in [1.29, 1.82) is 0 Å². The molecule has 0 amide bonds. The number of rotatable bonds is 5. The summed E-state index contributed by atoms with van der Waals surface area (Å²) in [5.41, 5.74) is 1.39. The molecular formula is C23H21FN4O2. The van der Waals surface area contributed by atoms with Crippen LogP contribution in [0, 0.1) is 5.82 Å². The molecule has 2 aromatic heterocycles. The lowest BCUT2D eigenvalue weighted by atomic mass is 10.1. The molecule has 2 aromatic carbocycles. The van der Waals surface area contributed by atoms with E-state index in [0.717, 1.165) is 11.4 Å². The zero-order chi connectivity index (χ0) is 20.7. The summed E-state index contributed by atoms with van der Waals surface area (Å²) in [6, 6.07) is 16.2. The Morgan fingerprint density at radius 1 is 1.07 bits per heavy atom. The third-order valence-corrected chi connectivity index (χ3v) is 5.60. The SMILES string of the molecule is CC(N1CC(Oc2ccccc2F)C1)n1ccn2c(-c3ccccc3)ncc2c1=O. The molecule has 1 atom stereocenters. The van der Waals surface area contributed by atoms with Crippen molar-refractivity contribution in [3.05, 3.63) is 89.4 Å². The van der Waals surface area contributed by atoms with Gasteiger partial charge in [-0.2, -0.15) is 0 Å². The highest BCUT2D eigenvalue weighted by atomic mass is 19.1. The molecule has 0 radical (unpaired) electrons. The van der Waals surface area contributed by atoms with E-state index in [1.165, 1.54) is 6.07 Å². The highest BCUT2D eigenvalue weighted by Crippen LogP contribution is 2.25. The molecule has 1 aliphatic rings. The highest BCUT2D eigenvalue weighted by molar-refractivity contribution is 5.61. The maximum absolute atomic E-state index is 13.8. The summed E-state index contributed by atoms with van der Waals surface area (Å²) in [4.78, 5) is 19.6. The second-order valence-corrected chi connectivity index (χ2v) is 7.47. The van der Waals surface area contributed by atoms with E-state index in [9.17, 15) is 9.18 Å². The van der Waals surface area contributed by atoms with Crippen LogP contribution in [0.15, 0.2) is 78.0 Å². The second-order valence-electron chi connectivity index (χ2n) is 7.47. The molecule has 4 aromatic rings. The first-order chi connectivity index (χ1) is 14.6. The van der Waals surface area contributed by atoms with Gasteiger partial charge in [-0.1, -0.05) is 42.5 Å². The predicted molar refractivity (Wildman–Crippen MR) is 112 cm³/mol. The fourth-order valence-corrected chi connectivity index (χ4v) is 3.85. The second kappa shape index (κ2) is 7.42. The lowest BCUT2D eigenvalue weighted by molar-refractivity contribution is -0.0280. The summed E-state index contributed by atoms with van der Waals surface area (Å²) >= 11 is 0. The zero-order valence-electron chi connectivity index (χ0n) is 16.5. The topological polar surface area (TPSA) is 51.8 Å². The number of imidazole rings is 1. The summed E-state index contributed by atoms with van der Waals surface area (Å²) < 4.78 is 23.0. The minimum atomic E-state index is -0.361. The van der Waals surface area contributed by atoms with Gasteiger partial charge in [0.1, 0.15) is 17.4 Å². The van der Waals surface area contributed by atoms with Gasteiger partial charge >= 0.3 is 0 Å². The molecule has 1 unspecified atom stereocenters. The van der Waals surface area contributed by atoms with Crippen molar-refractivity contribution in [3.63, 3.8) is 0 Å². The van der Waals surface area contributed by atoms with Crippen molar-refractivity contribution in [2.24, 2.45) is 0 Å². The summed E-state index contributed by atoms with van der Waals surface area (Å²) in [5.74, 6) is 0.645. The standard InChI is InChI=1S/C23H21FN4O2/c1-16(26-14-18(15-26)30-21-10-6-5-9-19(21)24)27-11-12-28-20(23(27)29)13-25-22(28)17-7-3-2-4-8-17/h2-13,16,18H,14-15H2,1H3. The van der Waals surface area contributed by atoms with E-state index in [-0.39, 0.29) is 29.4 Å². The Morgan fingerprint density at radius 3 is 2.57 bits per heavy atom. The molecule has 1 aliphatic heterocycles. The molecule has 1 fully saturated rings. The zero-order valence-corrected chi connectivity index (χ0v) is 16.5. The normalized spacial score (nSPS) is 15.8. The van der Waals surface area contributed by atoms with Gasteiger partial charge in [-0.05, 0) is 19.1 Å². The monoisotopic (exact) mass is 404 g/mol. The van der Waals surface area contributed by atoms with Gasteiger partial charge in [0, 0.05) is 31.0 Å². The molecule has 0 saturated carbocycles. The Bertz CT molecular complexity index is 1250. The number of hydrogen-bond acceptors (Lipinski definition) is 4. The summed E-state index contributed by atoms with van der Waals surface area (Å²) in [7, 11) is 0. The molecule has 7 heteroatoms. The van der Waals surface area contributed by atoms with E-state index >= 15 is 0 Å². The van der Waals surface area contributed by atoms with Crippen LogP contribution < -0.4 is 10.3 Å². The lowest BCUT2D eigenvalue weighted by Crippen LogP contribution is -2.56. The first-order valence-corrected chi connectivity index (χ1v) is 9.90. The molecule has 0 bridgehead atoms. The number of aromatic nitrogens is 3. The van der Waals surface area contributed by atoms with Gasteiger partial charge < -0.3 is 4.74 Å². The van der Waals surface area contributed by atoms with Crippen molar-refractivity contribution < 1.29 is 9.13 Å². The van der Waals surface area contributed by atoms with Gasteiger partial charge in [-0.3, -0.25) is 18.7 Å². The third kappa shape index (κ3) is 3.17. The Kier molecular flexibility index (Phi) is 4.59. The smallest absolute Gasteiger partial charge is 0.277 e. The van der Waals surface area contributed by atoms with E-state index in [0.29, 0.717) is 18.6 Å². The average Bonchev–Trinajstić information content (AvgIpc) is 3.17. The van der Waals surface area contributed by atoms with E-state index in [1.807, 2.05) is 47.9 Å². The van der Waals surface area contributed by atoms with Crippen LogP contribution in [0.2, 0.25) is 0 Å². The molecule has 6 nitrogen and oxygen atoms in total. The highest BCUT2D eigenvalue weighted by Gasteiger charge is 2.33. The van der Waals surface area contributed by atoms with Crippen molar-refractivity contribution in [2.75, 3.05) is 13.1 Å². The first kappa shape index (κ1) is 18.6. The number of fused-ring (bicyclic) bond motifs is 1. The van der Waals surface area contributed by atoms with Crippen LogP contribution in [-0.2, 0) is 0 Å². The fourth-order valence-electron chi connectivity index (χ4n) is 3.85. The number of likely N-dealkylation sites (tertiary alicyclic amines) is 1. The quantitative estimate of drug-likeness (QED) is 0.510. The van der Waals surface area contributed by atoms with Gasteiger partial charge in [-0.15, -0.1) is 0 Å². The van der Waals surface area contributed by atoms with Gasteiger partial charge in [0.25, 0.3) is 5.56 Å². The molecule has 1 saturated heterocycles.